The molecule has 1 unspecified atom stereocenters. The van der Waals surface area contributed by atoms with E-state index >= 15 is 0 Å². The van der Waals surface area contributed by atoms with E-state index in [1.54, 1.807) is 38.5 Å². The maximum Gasteiger partial charge on any atom is 0.339 e. The second-order valence-corrected chi connectivity index (χ2v) is 4.67. The molecule has 114 valence electrons. The quantitative estimate of drug-likeness (QED) is 0.808. The fourth-order valence-corrected chi connectivity index (χ4v) is 2.54. The van der Waals surface area contributed by atoms with Crippen LogP contribution in [0.3, 0.4) is 0 Å². The fraction of sp³-hybridized carbons (Fsp3) is 0.250. The highest BCUT2D eigenvalue weighted by atomic mass is 16.6. The van der Waals surface area contributed by atoms with Crippen molar-refractivity contribution in [3.63, 3.8) is 0 Å². The average Bonchev–Trinajstić information content (AvgIpc) is 2.91. The van der Waals surface area contributed by atoms with Crippen LogP contribution in [-0.4, -0.2) is 32.3 Å². The molecule has 0 N–H and O–H groups in total. The van der Waals surface area contributed by atoms with E-state index in [0.29, 0.717) is 34.1 Å². The number of cyclic esters (lactones) is 1. The molecule has 3 rings (SSSR count). The van der Waals surface area contributed by atoms with E-state index in [2.05, 4.69) is 4.98 Å². The van der Waals surface area contributed by atoms with Gasteiger partial charge in [0.1, 0.15) is 11.5 Å². The number of methoxy groups -OCH3 is 3. The smallest absolute Gasteiger partial charge is 0.339 e. The number of fused-ring (bicyclic) bond motifs is 1. The normalized spacial score (nSPS) is 16.0. The molecule has 0 bridgehead atoms. The van der Waals surface area contributed by atoms with Gasteiger partial charge in [-0.2, -0.15) is 0 Å². The summed E-state index contributed by atoms with van der Waals surface area (Å²) < 4.78 is 21.4. The van der Waals surface area contributed by atoms with Crippen LogP contribution in [0.15, 0.2) is 30.5 Å². The summed E-state index contributed by atoms with van der Waals surface area (Å²) in [7, 11) is 4.64. The van der Waals surface area contributed by atoms with Crippen LogP contribution in [0.1, 0.15) is 27.6 Å². The van der Waals surface area contributed by atoms with E-state index in [0.717, 1.165) is 0 Å². The predicted molar refractivity (Wildman–Crippen MR) is 77.6 cm³/mol. The van der Waals surface area contributed by atoms with E-state index in [1.807, 2.05) is 0 Å². The maximum absolute atomic E-state index is 12.1. The number of rotatable bonds is 4. The van der Waals surface area contributed by atoms with E-state index in [4.69, 9.17) is 18.9 Å². The van der Waals surface area contributed by atoms with E-state index in [1.165, 1.54) is 13.3 Å². The summed E-state index contributed by atoms with van der Waals surface area (Å²) in [6.45, 7) is 0. The molecule has 1 aliphatic heterocycles. The molecule has 1 aromatic carbocycles. The molecule has 0 radical (unpaired) electrons. The zero-order valence-corrected chi connectivity index (χ0v) is 12.5. The van der Waals surface area contributed by atoms with Crippen LogP contribution >= 0.6 is 0 Å². The lowest BCUT2D eigenvalue weighted by Crippen LogP contribution is -2.05. The standard InChI is InChI=1S/C16H15NO5/c1-19-9-4-5-12(20-2)11(8-9)14-13-10(16(18)22-14)6-7-17-15(13)21-3/h4-8,14H,1-3H3. The Morgan fingerprint density at radius 1 is 1.09 bits per heavy atom. The first-order chi connectivity index (χ1) is 10.7. The van der Waals surface area contributed by atoms with Crippen molar-refractivity contribution in [2.45, 2.75) is 6.10 Å². The Bertz CT molecular complexity index is 728. The number of carbonyl (C=O) groups is 1. The molecule has 6 heteroatoms. The van der Waals surface area contributed by atoms with Crippen LogP contribution in [0.2, 0.25) is 0 Å². The van der Waals surface area contributed by atoms with Gasteiger partial charge in [-0.05, 0) is 24.3 Å². The van der Waals surface area contributed by atoms with E-state index in [-0.39, 0.29) is 0 Å². The topological polar surface area (TPSA) is 66.9 Å². The highest BCUT2D eigenvalue weighted by Crippen LogP contribution is 2.44. The largest absolute Gasteiger partial charge is 0.497 e. The molecule has 2 heterocycles. The van der Waals surface area contributed by atoms with Crippen molar-refractivity contribution in [3.8, 4) is 17.4 Å². The number of hydrogen-bond donors (Lipinski definition) is 0. The Morgan fingerprint density at radius 3 is 2.59 bits per heavy atom. The molecule has 0 amide bonds. The number of hydrogen-bond acceptors (Lipinski definition) is 6. The molecule has 2 aromatic rings. The minimum atomic E-state index is -0.642. The lowest BCUT2D eigenvalue weighted by atomic mass is 9.99. The van der Waals surface area contributed by atoms with Crippen molar-refractivity contribution in [3.05, 3.63) is 47.2 Å². The van der Waals surface area contributed by atoms with Crippen molar-refractivity contribution in [2.75, 3.05) is 21.3 Å². The molecule has 22 heavy (non-hydrogen) atoms. The Balaban J connectivity index is 2.18. The van der Waals surface area contributed by atoms with Gasteiger partial charge in [0.2, 0.25) is 5.88 Å². The van der Waals surface area contributed by atoms with Gasteiger partial charge in [-0.1, -0.05) is 0 Å². The molecular weight excluding hydrogens is 286 g/mol. The molecular formula is C16H15NO5. The molecule has 1 aliphatic rings. The Morgan fingerprint density at radius 2 is 1.91 bits per heavy atom. The summed E-state index contributed by atoms with van der Waals surface area (Å²) in [6.07, 6.45) is 0.876. The van der Waals surface area contributed by atoms with Crippen molar-refractivity contribution >= 4 is 5.97 Å². The Kier molecular flexibility index (Phi) is 3.58. The number of benzene rings is 1. The first kappa shape index (κ1) is 14.2. The third-order valence-electron chi connectivity index (χ3n) is 3.57. The molecule has 0 saturated heterocycles. The van der Waals surface area contributed by atoms with Crippen LogP contribution in [0.25, 0.3) is 0 Å². The zero-order chi connectivity index (χ0) is 15.7. The van der Waals surface area contributed by atoms with Gasteiger partial charge in [-0.15, -0.1) is 0 Å². The van der Waals surface area contributed by atoms with Gasteiger partial charge in [0.05, 0.1) is 32.5 Å². The van der Waals surface area contributed by atoms with Gasteiger partial charge >= 0.3 is 5.97 Å². The number of aromatic nitrogens is 1. The SMILES string of the molecule is COc1ccc(OC)c(C2OC(=O)c3ccnc(OC)c32)c1. The predicted octanol–water partition coefficient (Wildman–Crippen LogP) is 2.37. The van der Waals surface area contributed by atoms with Crippen LogP contribution in [0.4, 0.5) is 0 Å². The zero-order valence-electron chi connectivity index (χ0n) is 12.5. The summed E-state index contributed by atoms with van der Waals surface area (Å²) >= 11 is 0. The van der Waals surface area contributed by atoms with Crippen molar-refractivity contribution in [2.24, 2.45) is 0 Å². The Labute approximate surface area is 127 Å². The molecule has 1 atom stereocenters. The lowest BCUT2D eigenvalue weighted by molar-refractivity contribution is 0.0450. The van der Waals surface area contributed by atoms with Gasteiger partial charge in [0, 0.05) is 11.8 Å². The van der Waals surface area contributed by atoms with E-state index in [9.17, 15) is 4.79 Å². The van der Waals surface area contributed by atoms with E-state index < -0.39 is 12.1 Å². The number of ether oxygens (including phenoxy) is 4. The number of nitrogens with zero attached hydrogens (tertiary/aromatic N) is 1. The first-order valence-electron chi connectivity index (χ1n) is 6.65. The fourth-order valence-electron chi connectivity index (χ4n) is 2.54. The lowest BCUT2D eigenvalue weighted by Gasteiger charge is -2.17. The Hall–Kier alpha value is -2.76. The minimum absolute atomic E-state index is 0.359. The summed E-state index contributed by atoms with van der Waals surface area (Å²) in [4.78, 5) is 16.2. The second-order valence-electron chi connectivity index (χ2n) is 4.67. The van der Waals surface area contributed by atoms with Crippen molar-refractivity contribution < 1.29 is 23.7 Å². The number of esters is 1. The number of pyridine rings is 1. The summed E-state index contributed by atoms with van der Waals surface area (Å²) in [5, 5.41) is 0. The van der Waals surface area contributed by atoms with Crippen molar-refractivity contribution in [1.29, 1.82) is 0 Å². The second kappa shape index (κ2) is 5.55. The van der Waals surface area contributed by atoms with Gasteiger partial charge in [-0.25, -0.2) is 9.78 Å². The average molecular weight is 301 g/mol. The molecule has 0 aliphatic carbocycles. The van der Waals surface area contributed by atoms with Gasteiger partial charge in [-0.3, -0.25) is 0 Å². The highest BCUT2D eigenvalue weighted by molar-refractivity contribution is 5.95. The molecule has 0 spiro atoms. The molecule has 1 aromatic heterocycles. The van der Waals surface area contributed by atoms with Crippen LogP contribution in [0.5, 0.6) is 17.4 Å². The third-order valence-corrected chi connectivity index (χ3v) is 3.57. The van der Waals surface area contributed by atoms with Crippen LogP contribution in [-0.2, 0) is 4.74 Å². The molecule has 0 fully saturated rings. The van der Waals surface area contributed by atoms with Gasteiger partial charge in [0.15, 0.2) is 6.10 Å². The van der Waals surface area contributed by atoms with Gasteiger partial charge < -0.3 is 18.9 Å². The summed E-state index contributed by atoms with van der Waals surface area (Å²) in [5.74, 6) is 1.18. The summed E-state index contributed by atoms with van der Waals surface area (Å²) in [5.41, 5.74) is 1.73. The van der Waals surface area contributed by atoms with Crippen LogP contribution < -0.4 is 14.2 Å². The highest BCUT2D eigenvalue weighted by Gasteiger charge is 2.37. The first-order valence-corrected chi connectivity index (χ1v) is 6.65. The molecule has 6 nitrogen and oxygen atoms in total. The minimum Gasteiger partial charge on any atom is -0.497 e. The number of carbonyl (C=O) groups excluding carboxylic acids is 1. The monoisotopic (exact) mass is 301 g/mol. The van der Waals surface area contributed by atoms with Crippen molar-refractivity contribution in [1.82, 2.24) is 4.98 Å². The summed E-state index contributed by atoms with van der Waals surface area (Å²) in [6, 6.07) is 6.94. The molecule has 0 saturated carbocycles. The van der Waals surface area contributed by atoms with Crippen LogP contribution in [0, 0.1) is 0 Å². The third kappa shape index (κ3) is 2.13. The van der Waals surface area contributed by atoms with Gasteiger partial charge in [0.25, 0.3) is 0 Å². The maximum atomic E-state index is 12.1.